The van der Waals surface area contributed by atoms with Gasteiger partial charge in [-0.1, -0.05) is 18.6 Å². The van der Waals surface area contributed by atoms with Crippen LogP contribution >= 0.6 is 0 Å². The van der Waals surface area contributed by atoms with Crippen LogP contribution in [0.4, 0.5) is 22.0 Å². The van der Waals surface area contributed by atoms with Crippen LogP contribution in [-0.2, 0) is 0 Å². The Hall–Kier alpha value is -0.650. The van der Waals surface area contributed by atoms with E-state index in [2.05, 4.69) is 5.32 Å². The maximum Gasteiger partial charge on any atom is 0.455 e. The zero-order valence-corrected chi connectivity index (χ0v) is 8.87. The molecule has 1 N–H and O–H groups in total. The first-order chi connectivity index (χ1) is 7.30. The Kier molecular flexibility index (Phi) is 3.93. The number of halogens is 5. The summed E-state index contributed by atoms with van der Waals surface area (Å²) in [6.45, 7) is 1.59. The Labute approximate surface area is 90.7 Å². The Bertz CT molecular complexity index is 269. The van der Waals surface area contributed by atoms with Gasteiger partial charge < -0.3 is 5.32 Å². The maximum absolute atomic E-state index is 13.2. The second kappa shape index (κ2) is 4.69. The van der Waals surface area contributed by atoms with Gasteiger partial charge in [-0.15, -0.1) is 0 Å². The van der Waals surface area contributed by atoms with Gasteiger partial charge in [-0.3, -0.25) is 0 Å². The number of likely N-dealkylation sites (N-methyl/N-ethyl adjacent to an activating group) is 1. The molecule has 94 valence electrons. The molecule has 0 saturated carbocycles. The minimum Gasteiger partial charge on any atom is -0.305 e. The highest BCUT2D eigenvalue weighted by Crippen LogP contribution is 2.42. The zero-order valence-electron chi connectivity index (χ0n) is 8.87. The van der Waals surface area contributed by atoms with Gasteiger partial charge in [-0.25, -0.2) is 0 Å². The molecule has 0 aromatic rings. The van der Waals surface area contributed by atoms with Crippen LogP contribution in [-0.4, -0.2) is 24.7 Å². The Morgan fingerprint density at radius 2 is 1.94 bits per heavy atom. The van der Waals surface area contributed by atoms with E-state index < -0.39 is 18.1 Å². The molecule has 16 heavy (non-hydrogen) atoms. The van der Waals surface area contributed by atoms with Gasteiger partial charge in [0.15, 0.2) is 0 Å². The van der Waals surface area contributed by atoms with Crippen molar-refractivity contribution in [3.63, 3.8) is 0 Å². The number of rotatable bonds is 4. The zero-order chi connectivity index (χ0) is 12.4. The third kappa shape index (κ3) is 2.53. The van der Waals surface area contributed by atoms with Crippen LogP contribution in [0.25, 0.3) is 0 Å². The van der Waals surface area contributed by atoms with Crippen LogP contribution in [0.5, 0.6) is 0 Å². The first-order valence-electron chi connectivity index (χ1n) is 5.17. The summed E-state index contributed by atoms with van der Waals surface area (Å²) >= 11 is 0. The molecule has 1 rings (SSSR count). The van der Waals surface area contributed by atoms with E-state index in [0.717, 1.165) is 0 Å². The van der Waals surface area contributed by atoms with Crippen molar-refractivity contribution in [3.8, 4) is 0 Å². The van der Waals surface area contributed by atoms with E-state index in [4.69, 9.17) is 0 Å². The summed E-state index contributed by atoms with van der Waals surface area (Å²) in [4.78, 5) is 0. The van der Waals surface area contributed by atoms with Gasteiger partial charge in [-0.05, 0) is 25.8 Å². The lowest BCUT2D eigenvalue weighted by Gasteiger charge is -2.30. The molecule has 1 nitrogen and oxygen atoms in total. The third-order valence-electron chi connectivity index (χ3n) is 2.60. The molecular weight excluding hydrogens is 229 g/mol. The smallest absolute Gasteiger partial charge is 0.305 e. The van der Waals surface area contributed by atoms with Gasteiger partial charge in [0, 0.05) is 0 Å². The Morgan fingerprint density at radius 3 is 2.31 bits per heavy atom. The summed E-state index contributed by atoms with van der Waals surface area (Å²) in [5.41, 5.74) is 0.171. The SMILES string of the molecule is CCNC(C1=CCCC1)C(F)(F)C(F)(F)F. The van der Waals surface area contributed by atoms with Crippen molar-refractivity contribution in [2.24, 2.45) is 0 Å². The molecule has 0 aliphatic heterocycles. The average Bonchev–Trinajstić information content (AvgIpc) is 2.64. The molecule has 0 saturated heterocycles. The number of hydrogen-bond acceptors (Lipinski definition) is 1. The highest BCUT2D eigenvalue weighted by atomic mass is 19.4. The lowest BCUT2D eigenvalue weighted by atomic mass is 9.99. The molecule has 6 heteroatoms. The van der Waals surface area contributed by atoms with E-state index in [1.54, 1.807) is 0 Å². The fourth-order valence-electron chi connectivity index (χ4n) is 1.82. The molecule has 0 spiro atoms. The summed E-state index contributed by atoms with van der Waals surface area (Å²) in [5.74, 6) is -4.71. The minimum absolute atomic E-state index is 0.0771. The van der Waals surface area contributed by atoms with E-state index in [9.17, 15) is 22.0 Å². The van der Waals surface area contributed by atoms with Crippen LogP contribution in [0, 0.1) is 0 Å². The molecule has 1 aliphatic carbocycles. The summed E-state index contributed by atoms with van der Waals surface area (Å²) in [5, 5.41) is 2.23. The van der Waals surface area contributed by atoms with E-state index in [0.29, 0.717) is 19.3 Å². The van der Waals surface area contributed by atoms with Crippen molar-refractivity contribution in [2.45, 2.75) is 44.3 Å². The topological polar surface area (TPSA) is 12.0 Å². The molecule has 0 heterocycles. The van der Waals surface area contributed by atoms with Crippen molar-refractivity contribution in [1.82, 2.24) is 5.32 Å². The highest BCUT2D eigenvalue weighted by molar-refractivity contribution is 5.20. The molecular formula is C10H14F5N. The normalized spacial score (nSPS) is 19.8. The first kappa shape index (κ1) is 13.4. The van der Waals surface area contributed by atoms with Gasteiger partial charge in [0.05, 0.1) is 0 Å². The van der Waals surface area contributed by atoms with Crippen molar-refractivity contribution in [1.29, 1.82) is 0 Å². The lowest BCUT2D eigenvalue weighted by molar-refractivity contribution is -0.289. The third-order valence-corrected chi connectivity index (χ3v) is 2.60. The average molecular weight is 243 g/mol. The molecule has 1 unspecified atom stereocenters. The van der Waals surface area contributed by atoms with E-state index in [1.165, 1.54) is 13.0 Å². The van der Waals surface area contributed by atoms with Crippen LogP contribution in [0.1, 0.15) is 26.2 Å². The van der Waals surface area contributed by atoms with Gasteiger partial charge in [-0.2, -0.15) is 22.0 Å². The summed E-state index contributed by atoms with van der Waals surface area (Å²) < 4.78 is 63.1. The maximum atomic E-state index is 13.2. The predicted octanol–water partition coefficient (Wildman–Crippen LogP) is 3.27. The van der Waals surface area contributed by atoms with Crippen LogP contribution in [0.2, 0.25) is 0 Å². The lowest BCUT2D eigenvalue weighted by Crippen LogP contribution is -2.54. The van der Waals surface area contributed by atoms with Gasteiger partial charge >= 0.3 is 12.1 Å². The van der Waals surface area contributed by atoms with E-state index in [1.807, 2.05) is 0 Å². The largest absolute Gasteiger partial charge is 0.455 e. The molecule has 0 amide bonds. The first-order valence-corrected chi connectivity index (χ1v) is 5.17. The number of nitrogens with one attached hydrogen (secondary N) is 1. The second-order valence-electron chi connectivity index (χ2n) is 3.78. The molecule has 1 atom stereocenters. The second-order valence-corrected chi connectivity index (χ2v) is 3.78. The van der Waals surface area contributed by atoms with Crippen LogP contribution < -0.4 is 5.32 Å². The van der Waals surface area contributed by atoms with Crippen molar-refractivity contribution < 1.29 is 22.0 Å². The molecule has 1 aliphatic rings. The van der Waals surface area contributed by atoms with E-state index >= 15 is 0 Å². The fourth-order valence-corrected chi connectivity index (χ4v) is 1.82. The standard InChI is InChI=1S/C10H14F5N/c1-2-16-8(7-5-3-4-6-7)9(11,12)10(13,14)15/h5,8,16H,2-4,6H2,1H3. The molecule has 0 aromatic carbocycles. The Balaban J connectivity index is 2.92. The molecule has 0 bridgehead atoms. The van der Waals surface area contributed by atoms with Crippen molar-refractivity contribution in [2.75, 3.05) is 6.54 Å². The summed E-state index contributed by atoms with van der Waals surface area (Å²) in [6.07, 6.45) is -2.50. The van der Waals surface area contributed by atoms with Crippen LogP contribution in [0.15, 0.2) is 11.6 Å². The van der Waals surface area contributed by atoms with Crippen molar-refractivity contribution in [3.05, 3.63) is 11.6 Å². The monoisotopic (exact) mass is 243 g/mol. The Morgan fingerprint density at radius 1 is 1.31 bits per heavy atom. The fraction of sp³-hybridized carbons (Fsp3) is 0.800. The van der Waals surface area contributed by atoms with Crippen molar-refractivity contribution >= 4 is 0 Å². The predicted molar refractivity (Wildman–Crippen MR) is 50.4 cm³/mol. The number of allylic oxidation sites excluding steroid dienone is 1. The molecule has 0 radical (unpaired) electrons. The molecule has 0 aromatic heterocycles. The van der Waals surface area contributed by atoms with Gasteiger partial charge in [0.25, 0.3) is 0 Å². The molecule has 0 fully saturated rings. The van der Waals surface area contributed by atoms with Gasteiger partial charge in [0.2, 0.25) is 0 Å². The van der Waals surface area contributed by atoms with E-state index in [-0.39, 0.29) is 12.1 Å². The quantitative estimate of drug-likeness (QED) is 0.590. The number of alkyl halides is 5. The minimum atomic E-state index is -5.51. The highest BCUT2D eigenvalue weighted by Gasteiger charge is 2.62. The van der Waals surface area contributed by atoms with Gasteiger partial charge in [0.1, 0.15) is 6.04 Å². The number of hydrogen-bond donors (Lipinski definition) is 1. The summed E-state index contributed by atoms with van der Waals surface area (Å²) in [7, 11) is 0. The van der Waals surface area contributed by atoms with Crippen LogP contribution in [0.3, 0.4) is 0 Å². The summed E-state index contributed by atoms with van der Waals surface area (Å²) in [6, 6.07) is -1.92.